The Morgan fingerprint density at radius 1 is 1.17 bits per heavy atom. The maximum Gasteiger partial charge on any atom is 0.322 e. The van der Waals surface area contributed by atoms with E-state index in [4.69, 9.17) is 15.5 Å². The molecule has 0 unspecified atom stereocenters. The van der Waals surface area contributed by atoms with Gasteiger partial charge >= 0.3 is 6.01 Å². The summed E-state index contributed by atoms with van der Waals surface area (Å²) in [7, 11) is 2.14. The number of hydrogen-bond acceptors (Lipinski definition) is 7. The fourth-order valence-corrected chi connectivity index (χ4v) is 3.52. The fraction of sp³-hybridized carbons (Fsp3) is 0.476. The van der Waals surface area contributed by atoms with Gasteiger partial charge in [0.2, 0.25) is 5.95 Å². The van der Waals surface area contributed by atoms with Crippen LogP contribution >= 0.6 is 0 Å². The number of nitrogens with two attached hydrogens (primary N) is 1. The minimum atomic E-state index is 0.143. The van der Waals surface area contributed by atoms with E-state index in [1.807, 2.05) is 30.5 Å². The summed E-state index contributed by atoms with van der Waals surface area (Å²) in [6.07, 6.45) is 3.97. The van der Waals surface area contributed by atoms with E-state index >= 15 is 0 Å². The van der Waals surface area contributed by atoms with Gasteiger partial charge < -0.3 is 20.7 Å². The number of aromatic nitrogens is 4. The van der Waals surface area contributed by atoms with Crippen molar-refractivity contribution in [2.24, 2.45) is 0 Å². The molecule has 1 fully saturated rings. The van der Waals surface area contributed by atoms with Crippen LogP contribution in [0.1, 0.15) is 43.7 Å². The summed E-state index contributed by atoms with van der Waals surface area (Å²) in [5, 5.41) is 7.89. The van der Waals surface area contributed by atoms with Crippen molar-refractivity contribution in [1.29, 1.82) is 0 Å². The Balaban J connectivity index is 1.61. The first-order chi connectivity index (χ1) is 14.0. The molecule has 0 spiro atoms. The molecule has 1 aromatic carbocycles. The Bertz CT molecular complexity index is 959. The van der Waals surface area contributed by atoms with Crippen molar-refractivity contribution in [2.75, 3.05) is 31.2 Å². The molecule has 1 aliphatic heterocycles. The number of fused-ring (bicyclic) bond motifs is 1. The minimum absolute atomic E-state index is 0.143. The first-order valence-electron chi connectivity index (χ1n) is 10.2. The van der Waals surface area contributed by atoms with Crippen molar-refractivity contribution >= 4 is 17.3 Å². The third kappa shape index (κ3) is 4.42. The van der Waals surface area contributed by atoms with Crippen molar-refractivity contribution in [1.82, 2.24) is 24.5 Å². The molecule has 0 atom stereocenters. The van der Waals surface area contributed by atoms with Crippen LogP contribution in [0.4, 0.5) is 11.6 Å². The molecule has 3 N–H and O–H groups in total. The zero-order valence-electron chi connectivity index (χ0n) is 17.3. The SMILES string of the molecule is CC(C)c1cnn2c(NCc3ccc(N)cc3)nc(OC3CCN(C)CC3)nc12. The average molecular weight is 396 g/mol. The lowest BCUT2D eigenvalue weighted by Gasteiger charge is -2.28. The van der Waals surface area contributed by atoms with E-state index in [1.165, 1.54) is 0 Å². The van der Waals surface area contributed by atoms with Crippen LogP contribution in [0.3, 0.4) is 0 Å². The summed E-state index contributed by atoms with van der Waals surface area (Å²) in [5.41, 5.74) is 9.51. The smallest absolute Gasteiger partial charge is 0.322 e. The first kappa shape index (κ1) is 19.4. The summed E-state index contributed by atoms with van der Waals surface area (Å²) >= 11 is 0. The Morgan fingerprint density at radius 2 is 1.90 bits per heavy atom. The Labute approximate surface area is 171 Å². The molecule has 154 valence electrons. The number of piperidine rings is 1. The van der Waals surface area contributed by atoms with E-state index in [9.17, 15) is 0 Å². The van der Waals surface area contributed by atoms with Gasteiger partial charge in [-0.05, 0) is 43.5 Å². The Kier molecular flexibility index (Phi) is 5.53. The second-order valence-corrected chi connectivity index (χ2v) is 8.04. The van der Waals surface area contributed by atoms with Crippen LogP contribution in [-0.4, -0.2) is 50.7 Å². The Hall–Kier alpha value is -2.87. The van der Waals surface area contributed by atoms with Crippen molar-refractivity contribution < 1.29 is 4.74 Å². The molecule has 0 bridgehead atoms. The van der Waals surface area contributed by atoms with Gasteiger partial charge in [-0.2, -0.15) is 19.6 Å². The third-order valence-electron chi connectivity index (χ3n) is 5.36. The standard InChI is InChI=1S/C21H29N7O/c1-14(2)18-13-24-28-19(18)25-21(29-17-8-10-27(3)11-9-17)26-20(28)23-12-15-4-6-16(22)7-5-15/h4-7,13-14,17H,8-12,22H2,1-3H3,(H,23,25,26). The number of likely N-dealkylation sites (tertiary alicyclic amines) is 1. The predicted octanol–water partition coefficient (Wildman–Crippen LogP) is 2.92. The van der Waals surface area contributed by atoms with E-state index in [1.54, 1.807) is 4.52 Å². The van der Waals surface area contributed by atoms with E-state index < -0.39 is 0 Å². The van der Waals surface area contributed by atoms with Crippen LogP contribution in [-0.2, 0) is 6.54 Å². The number of ether oxygens (including phenoxy) is 1. The largest absolute Gasteiger partial charge is 0.460 e. The third-order valence-corrected chi connectivity index (χ3v) is 5.36. The number of nitrogen functional groups attached to an aromatic ring is 1. The Morgan fingerprint density at radius 3 is 2.59 bits per heavy atom. The van der Waals surface area contributed by atoms with E-state index in [0.717, 1.165) is 48.4 Å². The molecule has 2 aromatic heterocycles. The highest BCUT2D eigenvalue weighted by Crippen LogP contribution is 2.24. The summed E-state index contributed by atoms with van der Waals surface area (Å²) in [6.45, 7) is 6.94. The second-order valence-electron chi connectivity index (χ2n) is 8.04. The normalized spacial score (nSPS) is 15.9. The summed E-state index contributed by atoms with van der Waals surface area (Å²) < 4.78 is 7.94. The van der Waals surface area contributed by atoms with Crippen LogP contribution in [0, 0.1) is 0 Å². The van der Waals surface area contributed by atoms with Gasteiger partial charge in [-0.3, -0.25) is 0 Å². The molecule has 29 heavy (non-hydrogen) atoms. The van der Waals surface area contributed by atoms with Gasteiger partial charge in [0.15, 0.2) is 5.65 Å². The van der Waals surface area contributed by atoms with Crippen LogP contribution < -0.4 is 15.8 Å². The summed E-state index contributed by atoms with van der Waals surface area (Å²) in [5.74, 6) is 0.935. The quantitative estimate of drug-likeness (QED) is 0.620. The molecule has 0 amide bonds. The number of anilines is 2. The monoisotopic (exact) mass is 395 g/mol. The molecule has 0 saturated carbocycles. The molecular formula is C21H29N7O. The van der Waals surface area contributed by atoms with Crippen molar-refractivity contribution in [3.8, 4) is 6.01 Å². The molecule has 8 nitrogen and oxygen atoms in total. The van der Waals surface area contributed by atoms with Gasteiger partial charge in [-0.1, -0.05) is 26.0 Å². The van der Waals surface area contributed by atoms with Crippen LogP contribution in [0.2, 0.25) is 0 Å². The number of rotatable bonds is 6. The number of benzene rings is 1. The minimum Gasteiger partial charge on any atom is -0.460 e. The van der Waals surface area contributed by atoms with Crippen LogP contribution in [0.5, 0.6) is 6.01 Å². The summed E-state index contributed by atoms with van der Waals surface area (Å²) in [6, 6.07) is 8.20. The van der Waals surface area contributed by atoms with Crippen molar-refractivity contribution in [3.05, 3.63) is 41.6 Å². The number of nitrogens with zero attached hydrogens (tertiary/aromatic N) is 5. The zero-order chi connectivity index (χ0) is 20.4. The molecular weight excluding hydrogens is 366 g/mol. The molecule has 1 saturated heterocycles. The van der Waals surface area contributed by atoms with Crippen molar-refractivity contribution in [3.63, 3.8) is 0 Å². The molecule has 0 radical (unpaired) electrons. The van der Waals surface area contributed by atoms with Crippen LogP contribution in [0.25, 0.3) is 5.65 Å². The topological polar surface area (TPSA) is 93.6 Å². The van der Waals surface area contributed by atoms with Gasteiger partial charge in [0.25, 0.3) is 0 Å². The maximum atomic E-state index is 6.18. The number of nitrogens with one attached hydrogen (secondary N) is 1. The lowest BCUT2D eigenvalue weighted by atomic mass is 10.1. The average Bonchev–Trinajstić information content (AvgIpc) is 3.13. The van der Waals surface area contributed by atoms with Gasteiger partial charge in [0.1, 0.15) is 6.10 Å². The molecule has 4 rings (SSSR count). The van der Waals surface area contributed by atoms with Crippen molar-refractivity contribution in [2.45, 2.75) is 45.3 Å². The number of hydrogen-bond donors (Lipinski definition) is 2. The molecule has 3 aromatic rings. The van der Waals surface area contributed by atoms with E-state index in [0.29, 0.717) is 24.4 Å². The van der Waals surface area contributed by atoms with E-state index in [-0.39, 0.29) is 6.10 Å². The first-order valence-corrected chi connectivity index (χ1v) is 10.2. The molecule has 3 heterocycles. The highest BCUT2D eigenvalue weighted by Gasteiger charge is 2.21. The highest BCUT2D eigenvalue weighted by molar-refractivity contribution is 5.53. The zero-order valence-corrected chi connectivity index (χ0v) is 17.3. The molecule has 8 heteroatoms. The maximum absolute atomic E-state index is 6.18. The molecule has 1 aliphatic rings. The lowest BCUT2D eigenvalue weighted by Crippen LogP contribution is -2.36. The van der Waals surface area contributed by atoms with Gasteiger partial charge in [0.05, 0.1) is 6.20 Å². The second kappa shape index (κ2) is 8.24. The lowest BCUT2D eigenvalue weighted by molar-refractivity contribution is 0.105. The van der Waals surface area contributed by atoms with Gasteiger partial charge in [0, 0.05) is 30.9 Å². The van der Waals surface area contributed by atoms with Crippen LogP contribution in [0.15, 0.2) is 30.5 Å². The van der Waals surface area contributed by atoms with Gasteiger partial charge in [-0.15, -0.1) is 0 Å². The predicted molar refractivity (Wildman–Crippen MR) is 114 cm³/mol. The highest BCUT2D eigenvalue weighted by atomic mass is 16.5. The fourth-order valence-electron chi connectivity index (χ4n) is 3.52. The summed E-state index contributed by atoms with van der Waals surface area (Å²) in [4.78, 5) is 11.6. The molecule has 0 aliphatic carbocycles. The van der Waals surface area contributed by atoms with E-state index in [2.05, 4.69) is 41.2 Å². The van der Waals surface area contributed by atoms with Gasteiger partial charge in [-0.25, -0.2) is 0 Å².